The predicted octanol–water partition coefficient (Wildman–Crippen LogP) is 0.290. The number of likely N-dealkylation sites (N-methyl/N-ethyl adjacent to an activating group) is 1. The number of amides is 1. The first-order chi connectivity index (χ1) is 9.52. The summed E-state index contributed by atoms with van der Waals surface area (Å²) in [5.74, 6) is 0.471. The molecule has 6 nitrogen and oxygen atoms in total. The standard InChI is InChI=1S/C14H29N5O/c1-4-19-9-5-6-12(19)10-17-14(15)16-8-7-13(20)18-11(2)3/h11-12H,4-10H2,1-3H3,(H,18,20)(H3,15,16,17). The van der Waals surface area contributed by atoms with Gasteiger partial charge in [-0.05, 0) is 39.8 Å². The van der Waals surface area contributed by atoms with Crippen LogP contribution < -0.4 is 16.4 Å². The van der Waals surface area contributed by atoms with Gasteiger partial charge in [-0.2, -0.15) is 0 Å². The molecule has 1 heterocycles. The fourth-order valence-corrected chi connectivity index (χ4v) is 2.48. The van der Waals surface area contributed by atoms with E-state index in [2.05, 4.69) is 27.4 Å². The van der Waals surface area contributed by atoms with Crippen molar-refractivity contribution in [2.75, 3.05) is 26.2 Å². The number of carbonyl (C=O) groups is 1. The van der Waals surface area contributed by atoms with E-state index in [0.717, 1.165) is 13.1 Å². The Bertz CT molecular complexity index is 330. The van der Waals surface area contributed by atoms with Crippen LogP contribution in [-0.2, 0) is 4.79 Å². The molecule has 1 aliphatic heterocycles. The van der Waals surface area contributed by atoms with Gasteiger partial charge in [0.05, 0.1) is 6.54 Å². The van der Waals surface area contributed by atoms with Crippen molar-refractivity contribution in [3.05, 3.63) is 0 Å². The number of aliphatic imine (C=N–C) groups is 1. The van der Waals surface area contributed by atoms with Crippen LogP contribution in [0.25, 0.3) is 0 Å². The van der Waals surface area contributed by atoms with Gasteiger partial charge in [-0.25, -0.2) is 0 Å². The number of likely N-dealkylation sites (tertiary alicyclic amines) is 1. The molecular weight excluding hydrogens is 254 g/mol. The van der Waals surface area contributed by atoms with Gasteiger partial charge in [0.2, 0.25) is 5.91 Å². The highest BCUT2D eigenvalue weighted by Crippen LogP contribution is 2.16. The molecule has 0 aromatic rings. The van der Waals surface area contributed by atoms with Crippen molar-refractivity contribution in [3.63, 3.8) is 0 Å². The van der Waals surface area contributed by atoms with Gasteiger partial charge in [0.15, 0.2) is 5.96 Å². The molecule has 0 radical (unpaired) electrons. The van der Waals surface area contributed by atoms with E-state index >= 15 is 0 Å². The van der Waals surface area contributed by atoms with Crippen LogP contribution >= 0.6 is 0 Å². The van der Waals surface area contributed by atoms with Crippen LogP contribution in [0.15, 0.2) is 4.99 Å². The Morgan fingerprint density at radius 1 is 1.50 bits per heavy atom. The molecule has 1 rings (SSSR count). The third-order valence-corrected chi connectivity index (χ3v) is 3.49. The monoisotopic (exact) mass is 283 g/mol. The molecule has 0 bridgehead atoms. The zero-order chi connectivity index (χ0) is 15.0. The maximum atomic E-state index is 11.4. The molecule has 1 amide bonds. The number of nitrogens with two attached hydrogens (primary N) is 1. The Kier molecular flexibility index (Phi) is 7.36. The normalized spacial score (nSPS) is 20.4. The second kappa shape index (κ2) is 8.79. The Labute approximate surface area is 122 Å². The Morgan fingerprint density at radius 3 is 2.90 bits per heavy atom. The van der Waals surface area contributed by atoms with Gasteiger partial charge in [-0.1, -0.05) is 6.92 Å². The van der Waals surface area contributed by atoms with Gasteiger partial charge in [0.1, 0.15) is 0 Å². The van der Waals surface area contributed by atoms with Crippen LogP contribution in [0.2, 0.25) is 0 Å². The summed E-state index contributed by atoms with van der Waals surface area (Å²) in [7, 11) is 0. The highest BCUT2D eigenvalue weighted by molar-refractivity contribution is 5.80. The second-order valence-electron chi connectivity index (χ2n) is 5.55. The zero-order valence-electron chi connectivity index (χ0n) is 13.0. The molecule has 0 saturated carbocycles. The largest absolute Gasteiger partial charge is 0.370 e. The highest BCUT2D eigenvalue weighted by atomic mass is 16.1. The van der Waals surface area contributed by atoms with Gasteiger partial charge < -0.3 is 16.4 Å². The molecular formula is C14H29N5O. The minimum Gasteiger partial charge on any atom is -0.370 e. The molecule has 6 heteroatoms. The van der Waals surface area contributed by atoms with Crippen molar-refractivity contribution < 1.29 is 4.79 Å². The Hall–Kier alpha value is -1.30. The van der Waals surface area contributed by atoms with E-state index in [1.807, 2.05) is 13.8 Å². The maximum absolute atomic E-state index is 11.4. The topological polar surface area (TPSA) is 82.8 Å². The highest BCUT2D eigenvalue weighted by Gasteiger charge is 2.22. The molecule has 1 aliphatic rings. The summed E-state index contributed by atoms with van der Waals surface area (Å²) in [5, 5.41) is 5.83. The summed E-state index contributed by atoms with van der Waals surface area (Å²) in [6, 6.07) is 0.695. The van der Waals surface area contributed by atoms with Crippen molar-refractivity contribution in [2.45, 2.75) is 52.1 Å². The van der Waals surface area contributed by atoms with Gasteiger partial charge in [-0.15, -0.1) is 0 Å². The first-order valence-electron chi connectivity index (χ1n) is 7.60. The number of nitrogens with one attached hydrogen (secondary N) is 2. The fraction of sp³-hybridized carbons (Fsp3) is 0.857. The quantitative estimate of drug-likeness (QED) is 0.463. The second-order valence-corrected chi connectivity index (χ2v) is 5.55. The van der Waals surface area contributed by atoms with Gasteiger partial charge >= 0.3 is 0 Å². The first kappa shape index (κ1) is 16.8. The molecule has 0 aliphatic carbocycles. The molecule has 1 atom stereocenters. The maximum Gasteiger partial charge on any atom is 0.221 e. The third-order valence-electron chi connectivity index (χ3n) is 3.49. The molecule has 1 saturated heterocycles. The van der Waals surface area contributed by atoms with Crippen molar-refractivity contribution in [1.29, 1.82) is 0 Å². The lowest BCUT2D eigenvalue weighted by molar-refractivity contribution is -0.121. The van der Waals surface area contributed by atoms with E-state index in [-0.39, 0.29) is 11.9 Å². The van der Waals surface area contributed by atoms with E-state index in [4.69, 9.17) is 5.73 Å². The predicted molar refractivity (Wildman–Crippen MR) is 82.7 cm³/mol. The number of nitrogens with zero attached hydrogens (tertiary/aromatic N) is 2. The average molecular weight is 283 g/mol. The van der Waals surface area contributed by atoms with Gasteiger partial charge in [0.25, 0.3) is 0 Å². The van der Waals surface area contributed by atoms with Crippen LogP contribution in [0.3, 0.4) is 0 Å². The van der Waals surface area contributed by atoms with E-state index < -0.39 is 0 Å². The minimum absolute atomic E-state index is 0.0354. The molecule has 4 N–H and O–H groups in total. The zero-order valence-corrected chi connectivity index (χ0v) is 13.0. The van der Waals surface area contributed by atoms with Crippen molar-refractivity contribution in [2.24, 2.45) is 10.7 Å². The Balaban J connectivity index is 2.20. The number of hydrogen-bond donors (Lipinski definition) is 3. The lowest BCUT2D eigenvalue weighted by Gasteiger charge is -2.20. The summed E-state index contributed by atoms with van der Waals surface area (Å²) in [4.78, 5) is 18.3. The molecule has 0 aromatic heterocycles. The first-order valence-corrected chi connectivity index (χ1v) is 7.60. The van der Waals surface area contributed by atoms with Crippen LogP contribution in [0.5, 0.6) is 0 Å². The lowest BCUT2D eigenvalue weighted by Crippen LogP contribution is -2.38. The summed E-state index contributed by atoms with van der Waals surface area (Å²) >= 11 is 0. The molecule has 1 unspecified atom stereocenters. The van der Waals surface area contributed by atoms with Crippen LogP contribution in [0, 0.1) is 0 Å². The number of hydrogen-bond acceptors (Lipinski definition) is 3. The lowest BCUT2D eigenvalue weighted by atomic mass is 10.2. The van der Waals surface area contributed by atoms with E-state index in [1.165, 1.54) is 19.4 Å². The van der Waals surface area contributed by atoms with Crippen LogP contribution in [-0.4, -0.2) is 55.0 Å². The summed E-state index contributed by atoms with van der Waals surface area (Å²) < 4.78 is 0. The summed E-state index contributed by atoms with van der Waals surface area (Å²) in [6.45, 7) is 9.57. The van der Waals surface area contributed by atoms with Crippen molar-refractivity contribution >= 4 is 11.9 Å². The molecule has 116 valence electrons. The number of guanidine groups is 1. The average Bonchev–Trinajstić information content (AvgIpc) is 2.82. The summed E-state index contributed by atoms with van der Waals surface area (Å²) in [6.07, 6.45) is 2.86. The van der Waals surface area contributed by atoms with Gasteiger partial charge in [0, 0.05) is 25.0 Å². The van der Waals surface area contributed by atoms with E-state index in [0.29, 0.717) is 25.0 Å². The third kappa shape index (κ3) is 6.23. The number of carbonyl (C=O) groups excluding carboxylic acids is 1. The van der Waals surface area contributed by atoms with Crippen molar-refractivity contribution in [1.82, 2.24) is 15.5 Å². The number of rotatable bonds is 7. The van der Waals surface area contributed by atoms with E-state index in [1.54, 1.807) is 0 Å². The fourth-order valence-electron chi connectivity index (χ4n) is 2.48. The minimum atomic E-state index is 0.0354. The van der Waals surface area contributed by atoms with Crippen molar-refractivity contribution in [3.8, 4) is 0 Å². The molecule has 0 aromatic carbocycles. The molecule has 1 fully saturated rings. The molecule has 0 spiro atoms. The molecule has 20 heavy (non-hydrogen) atoms. The van der Waals surface area contributed by atoms with Crippen LogP contribution in [0.1, 0.15) is 40.0 Å². The van der Waals surface area contributed by atoms with E-state index in [9.17, 15) is 4.79 Å². The van der Waals surface area contributed by atoms with Gasteiger partial charge in [-0.3, -0.25) is 14.7 Å². The van der Waals surface area contributed by atoms with Crippen LogP contribution in [0.4, 0.5) is 0 Å². The SMILES string of the molecule is CCN1CCCC1CN=C(N)NCCC(=O)NC(C)C. The smallest absolute Gasteiger partial charge is 0.221 e. The summed E-state index contributed by atoms with van der Waals surface area (Å²) in [5.41, 5.74) is 5.81. The Morgan fingerprint density at radius 2 is 2.25 bits per heavy atom.